The molecule has 0 aliphatic heterocycles. The molecule has 2 aromatic carbocycles. The maximum atomic E-state index is 12.3. The minimum Gasteiger partial charge on any atom is -0.504 e. The van der Waals surface area contributed by atoms with Gasteiger partial charge >= 0.3 is 5.97 Å². The lowest BCUT2D eigenvalue weighted by Gasteiger charge is -2.09. The number of aromatic hydroxyl groups is 1. The number of ether oxygens (including phenoxy) is 1. The number of halogens is 1. The summed E-state index contributed by atoms with van der Waals surface area (Å²) < 4.78 is 5.31. The van der Waals surface area contributed by atoms with Crippen LogP contribution in [0.15, 0.2) is 65.9 Å². The molecule has 0 saturated carbocycles. The quantitative estimate of drug-likeness (QED) is 0.412. The Labute approximate surface area is 155 Å². The number of pyridine rings is 1. The van der Waals surface area contributed by atoms with Crippen molar-refractivity contribution in [3.8, 4) is 11.5 Å². The first-order chi connectivity index (χ1) is 12.5. The van der Waals surface area contributed by atoms with Crippen molar-refractivity contribution in [2.45, 2.75) is 6.92 Å². The van der Waals surface area contributed by atoms with E-state index in [1.165, 1.54) is 18.3 Å². The summed E-state index contributed by atoms with van der Waals surface area (Å²) in [5.74, 6) is -0.832. The van der Waals surface area contributed by atoms with Crippen LogP contribution in [-0.2, 0) is 0 Å². The van der Waals surface area contributed by atoms with Crippen molar-refractivity contribution >= 4 is 29.5 Å². The van der Waals surface area contributed by atoms with E-state index in [2.05, 4.69) is 9.98 Å². The molecule has 0 unspecified atom stereocenters. The molecule has 26 heavy (non-hydrogen) atoms. The Morgan fingerprint density at radius 3 is 2.81 bits per heavy atom. The first-order valence-corrected chi connectivity index (χ1v) is 8.16. The number of carbonyl (C=O) groups excluding carboxylic acids is 1. The van der Waals surface area contributed by atoms with Gasteiger partial charge in [0.2, 0.25) is 0 Å². The minimum atomic E-state index is -0.582. The molecule has 1 aromatic heterocycles. The molecule has 3 rings (SSSR count). The molecule has 0 aliphatic carbocycles. The Morgan fingerprint density at radius 2 is 2.08 bits per heavy atom. The van der Waals surface area contributed by atoms with E-state index in [-0.39, 0.29) is 11.5 Å². The zero-order valence-electron chi connectivity index (χ0n) is 13.9. The Balaban J connectivity index is 1.87. The average Bonchev–Trinajstić information content (AvgIpc) is 2.64. The SMILES string of the molecule is Cc1cccc(C(=O)Oc2cc(Cl)cc(C=Nc3cccnc3)c2O)c1. The van der Waals surface area contributed by atoms with Gasteiger partial charge in [-0.15, -0.1) is 0 Å². The summed E-state index contributed by atoms with van der Waals surface area (Å²) in [7, 11) is 0. The second-order valence-electron chi connectivity index (χ2n) is 5.57. The Bertz CT molecular complexity index is 972. The summed E-state index contributed by atoms with van der Waals surface area (Å²) in [5.41, 5.74) is 2.26. The van der Waals surface area contributed by atoms with Crippen LogP contribution in [0.5, 0.6) is 11.5 Å². The molecule has 6 heteroatoms. The first-order valence-electron chi connectivity index (χ1n) is 7.78. The highest BCUT2D eigenvalue weighted by Crippen LogP contribution is 2.33. The molecule has 3 aromatic rings. The number of esters is 1. The summed E-state index contributed by atoms with van der Waals surface area (Å²) in [6.07, 6.45) is 4.65. The lowest BCUT2D eigenvalue weighted by atomic mass is 10.1. The molecule has 0 aliphatic rings. The summed E-state index contributed by atoms with van der Waals surface area (Å²) in [6, 6.07) is 13.4. The average molecular weight is 367 g/mol. The number of nitrogens with zero attached hydrogens (tertiary/aromatic N) is 2. The number of aliphatic imine (C=N–C) groups is 1. The Hall–Kier alpha value is -3.18. The van der Waals surface area contributed by atoms with Crippen LogP contribution < -0.4 is 4.74 Å². The lowest BCUT2D eigenvalue weighted by molar-refractivity contribution is 0.0729. The predicted octanol–water partition coefficient (Wildman–Crippen LogP) is 4.72. The zero-order chi connectivity index (χ0) is 18.5. The van der Waals surface area contributed by atoms with Gasteiger partial charge in [0.15, 0.2) is 11.5 Å². The van der Waals surface area contributed by atoms with E-state index in [0.717, 1.165) is 5.56 Å². The summed E-state index contributed by atoms with van der Waals surface area (Å²) >= 11 is 6.08. The largest absolute Gasteiger partial charge is 0.504 e. The van der Waals surface area contributed by atoms with Gasteiger partial charge in [-0.1, -0.05) is 29.3 Å². The first kappa shape index (κ1) is 17.6. The van der Waals surface area contributed by atoms with Crippen LogP contribution in [-0.4, -0.2) is 22.3 Å². The van der Waals surface area contributed by atoms with Gasteiger partial charge in [-0.3, -0.25) is 9.98 Å². The second-order valence-corrected chi connectivity index (χ2v) is 6.01. The van der Waals surface area contributed by atoms with Gasteiger partial charge in [-0.05, 0) is 37.3 Å². The van der Waals surface area contributed by atoms with Gasteiger partial charge < -0.3 is 9.84 Å². The molecule has 0 amide bonds. The van der Waals surface area contributed by atoms with Crippen LogP contribution in [0.4, 0.5) is 5.69 Å². The Kier molecular flexibility index (Phi) is 5.29. The van der Waals surface area contributed by atoms with Crippen molar-refractivity contribution in [2.75, 3.05) is 0 Å². The van der Waals surface area contributed by atoms with Gasteiger partial charge in [0.1, 0.15) is 0 Å². The minimum absolute atomic E-state index is 0.0309. The van der Waals surface area contributed by atoms with E-state index in [0.29, 0.717) is 21.8 Å². The summed E-state index contributed by atoms with van der Waals surface area (Å²) in [4.78, 5) is 20.5. The molecule has 0 saturated heterocycles. The Morgan fingerprint density at radius 1 is 1.23 bits per heavy atom. The molecule has 0 radical (unpaired) electrons. The summed E-state index contributed by atoms with van der Waals surface area (Å²) in [6.45, 7) is 1.88. The summed E-state index contributed by atoms with van der Waals surface area (Å²) in [5, 5.41) is 10.7. The third-order valence-corrected chi connectivity index (χ3v) is 3.74. The monoisotopic (exact) mass is 366 g/mol. The fraction of sp³-hybridized carbons (Fsp3) is 0.0500. The van der Waals surface area contributed by atoms with Gasteiger partial charge in [-0.2, -0.15) is 0 Å². The van der Waals surface area contributed by atoms with Crippen molar-refractivity contribution in [1.29, 1.82) is 0 Å². The second kappa shape index (κ2) is 7.80. The number of carbonyl (C=O) groups is 1. The molecular formula is C20H15ClN2O3. The third-order valence-electron chi connectivity index (χ3n) is 3.52. The van der Waals surface area contributed by atoms with Crippen molar-refractivity contribution in [3.05, 3.63) is 82.6 Å². The number of hydrogen-bond donors (Lipinski definition) is 1. The fourth-order valence-corrected chi connectivity index (χ4v) is 2.49. The smallest absolute Gasteiger partial charge is 0.343 e. The molecule has 5 nitrogen and oxygen atoms in total. The van der Waals surface area contributed by atoms with E-state index in [1.807, 2.05) is 13.0 Å². The van der Waals surface area contributed by atoms with Gasteiger partial charge in [-0.25, -0.2) is 4.79 Å². The van der Waals surface area contributed by atoms with Crippen LogP contribution in [0.1, 0.15) is 21.5 Å². The predicted molar refractivity (Wildman–Crippen MR) is 101 cm³/mol. The van der Waals surface area contributed by atoms with Crippen LogP contribution in [0.25, 0.3) is 0 Å². The molecule has 0 atom stereocenters. The van der Waals surface area contributed by atoms with Crippen LogP contribution in [0.2, 0.25) is 5.02 Å². The van der Waals surface area contributed by atoms with Crippen LogP contribution in [0.3, 0.4) is 0 Å². The van der Waals surface area contributed by atoms with Crippen molar-refractivity contribution in [3.63, 3.8) is 0 Å². The topological polar surface area (TPSA) is 71.8 Å². The highest BCUT2D eigenvalue weighted by atomic mass is 35.5. The number of aromatic nitrogens is 1. The number of phenols is 1. The number of benzene rings is 2. The highest BCUT2D eigenvalue weighted by Gasteiger charge is 2.15. The molecule has 0 bridgehead atoms. The van der Waals surface area contributed by atoms with Gasteiger partial charge in [0.25, 0.3) is 0 Å². The van der Waals surface area contributed by atoms with E-state index in [4.69, 9.17) is 16.3 Å². The number of phenolic OH excluding ortho intramolecular Hbond substituents is 1. The van der Waals surface area contributed by atoms with E-state index in [1.54, 1.807) is 42.7 Å². The molecular weight excluding hydrogens is 352 g/mol. The van der Waals surface area contributed by atoms with Gasteiger partial charge in [0, 0.05) is 29.1 Å². The van der Waals surface area contributed by atoms with Crippen LogP contribution in [0, 0.1) is 6.92 Å². The fourth-order valence-electron chi connectivity index (χ4n) is 2.28. The highest BCUT2D eigenvalue weighted by molar-refractivity contribution is 6.31. The van der Waals surface area contributed by atoms with E-state index < -0.39 is 5.97 Å². The van der Waals surface area contributed by atoms with Crippen molar-refractivity contribution in [2.24, 2.45) is 4.99 Å². The number of rotatable bonds is 4. The third kappa shape index (κ3) is 4.26. The standard InChI is InChI=1S/C20H15ClN2O3/c1-13-4-2-5-14(8-13)20(25)26-18-10-16(21)9-15(19(18)24)11-23-17-6-3-7-22-12-17/h2-12,24H,1H3. The van der Waals surface area contributed by atoms with E-state index in [9.17, 15) is 9.90 Å². The maximum Gasteiger partial charge on any atom is 0.343 e. The lowest BCUT2D eigenvalue weighted by Crippen LogP contribution is -2.09. The molecule has 0 spiro atoms. The van der Waals surface area contributed by atoms with Crippen molar-refractivity contribution in [1.82, 2.24) is 4.98 Å². The molecule has 130 valence electrons. The number of hydrogen-bond acceptors (Lipinski definition) is 5. The zero-order valence-corrected chi connectivity index (χ0v) is 14.6. The van der Waals surface area contributed by atoms with Gasteiger partial charge in [0.05, 0.1) is 17.4 Å². The maximum absolute atomic E-state index is 12.3. The normalized spacial score (nSPS) is 10.8. The molecule has 1 heterocycles. The van der Waals surface area contributed by atoms with E-state index >= 15 is 0 Å². The van der Waals surface area contributed by atoms with Crippen molar-refractivity contribution < 1.29 is 14.6 Å². The van der Waals surface area contributed by atoms with Crippen LogP contribution >= 0.6 is 11.6 Å². The number of aryl methyl sites for hydroxylation is 1. The molecule has 1 N–H and O–H groups in total. The molecule has 0 fully saturated rings.